The van der Waals surface area contributed by atoms with Crippen molar-refractivity contribution in [1.29, 1.82) is 0 Å². The van der Waals surface area contributed by atoms with Crippen molar-refractivity contribution in [3.63, 3.8) is 0 Å². The van der Waals surface area contributed by atoms with Gasteiger partial charge in [0, 0.05) is 4.47 Å². The second-order valence-electron chi connectivity index (χ2n) is 3.89. The molecule has 0 aliphatic heterocycles. The van der Waals surface area contributed by atoms with Crippen molar-refractivity contribution < 1.29 is 9.47 Å². The summed E-state index contributed by atoms with van der Waals surface area (Å²) in [4.78, 5) is 11.8. The van der Waals surface area contributed by atoms with Crippen LogP contribution in [0.25, 0.3) is 0 Å². The third-order valence-electron chi connectivity index (χ3n) is 1.93. The number of ether oxygens (including phenoxy) is 2. The molecule has 0 amide bonds. The van der Waals surface area contributed by atoms with Crippen LogP contribution in [0, 0.1) is 0 Å². The molecule has 0 saturated carbocycles. The molecule has 100 valence electrons. The predicted octanol–water partition coefficient (Wildman–Crippen LogP) is 3.87. The standard InChI is InChI=1S/C12H11BrClN3O2/c1-7(2)18-11-15-10(14)16-12(17-11)19-9-5-3-8(13)4-6-9/h3-7H,1-2H3. The van der Waals surface area contributed by atoms with Gasteiger partial charge in [-0.3, -0.25) is 0 Å². The minimum Gasteiger partial charge on any atom is -0.461 e. The van der Waals surface area contributed by atoms with Gasteiger partial charge in [-0.1, -0.05) is 15.9 Å². The van der Waals surface area contributed by atoms with E-state index in [9.17, 15) is 0 Å². The van der Waals surface area contributed by atoms with Gasteiger partial charge in [-0.05, 0) is 49.7 Å². The maximum absolute atomic E-state index is 5.80. The molecule has 0 atom stereocenters. The van der Waals surface area contributed by atoms with Crippen LogP contribution in [-0.4, -0.2) is 21.1 Å². The van der Waals surface area contributed by atoms with E-state index in [0.717, 1.165) is 4.47 Å². The summed E-state index contributed by atoms with van der Waals surface area (Å²) in [5.41, 5.74) is 0. The molecular formula is C12H11BrClN3O2. The Balaban J connectivity index is 2.19. The van der Waals surface area contributed by atoms with Gasteiger partial charge in [-0.2, -0.15) is 9.97 Å². The van der Waals surface area contributed by atoms with Gasteiger partial charge in [-0.15, -0.1) is 4.98 Å². The van der Waals surface area contributed by atoms with E-state index in [1.54, 1.807) is 12.1 Å². The first kappa shape index (κ1) is 14.0. The van der Waals surface area contributed by atoms with Crippen LogP contribution < -0.4 is 9.47 Å². The molecule has 0 unspecified atom stereocenters. The van der Waals surface area contributed by atoms with Crippen LogP contribution in [0.4, 0.5) is 0 Å². The Morgan fingerprint density at radius 3 is 2.32 bits per heavy atom. The fourth-order valence-electron chi connectivity index (χ4n) is 1.23. The smallest absolute Gasteiger partial charge is 0.329 e. The van der Waals surface area contributed by atoms with Crippen molar-refractivity contribution in [1.82, 2.24) is 15.0 Å². The molecule has 0 radical (unpaired) electrons. The first-order chi connectivity index (χ1) is 9.02. The summed E-state index contributed by atoms with van der Waals surface area (Å²) in [6, 6.07) is 7.50. The molecule has 1 aromatic heterocycles. The molecule has 0 aliphatic rings. The fraction of sp³-hybridized carbons (Fsp3) is 0.250. The van der Waals surface area contributed by atoms with Crippen molar-refractivity contribution in [2.45, 2.75) is 20.0 Å². The molecule has 19 heavy (non-hydrogen) atoms. The maximum Gasteiger partial charge on any atom is 0.329 e. The normalized spacial score (nSPS) is 10.6. The number of hydrogen-bond acceptors (Lipinski definition) is 5. The quantitative estimate of drug-likeness (QED) is 0.843. The van der Waals surface area contributed by atoms with E-state index in [-0.39, 0.29) is 23.4 Å². The average molecular weight is 345 g/mol. The fourth-order valence-corrected chi connectivity index (χ4v) is 1.64. The minimum atomic E-state index is -0.0565. The van der Waals surface area contributed by atoms with Crippen molar-refractivity contribution in [3.05, 3.63) is 34.0 Å². The average Bonchev–Trinajstić information content (AvgIpc) is 2.30. The van der Waals surface area contributed by atoms with E-state index in [2.05, 4.69) is 30.9 Å². The van der Waals surface area contributed by atoms with E-state index in [1.165, 1.54) is 0 Å². The molecule has 0 N–H and O–H groups in total. The highest BCUT2D eigenvalue weighted by molar-refractivity contribution is 9.10. The SMILES string of the molecule is CC(C)Oc1nc(Cl)nc(Oc2ccc(Br)cc2)n1. The lowest BCUT2D eigenvalue weighted by molar-refractivity contribution is 0.218. The lowest BCUT2D eigenvalue weighted by Crippen LogP contribution is -2.09. The van der Waals surface area contributed by atoms with Gasteiger partial charge in [0.25, 0.3) is 0 Å². The van der Waals surface area contributed by atoms with Crippen LogP contribution in [0.3, 0.4) is 0 Å². The molecule has 7 heteroatoms. The molecular weight excluding hydrogens is 334 g/mol. The zero-order valence-electron chi connectivity index (χ0n) is 10.3. The molecule has 0 aliphatic carbocycles. The summed E-state index contributed by atoms with van der Waals surface area (Å²) < 4.78 is 11.8. The van der Waals surface area contributed by atoms with Crippen molar-refractivity contribution in [3.8, 4) is 17.8 Å². The topological polar surface area (TPSA) is 57.1 Å². The van der Waals surface area contributed by atoms with E-state index in [4.69, 9.17) is 21.1 Å². The van der Waals surface area contributed by atoms with Gasteiger partial charge < -0.3 is 9.47 Å². The Kier molecular flexibility index (Phi) is 4.55. The van der Waals surface area contributed by atoms with Gasteiger partial charge >= 0.3 is 12.0 Å². The highest BCUT2D eigenvalue weighted by Crippen LogP contribution is 2.22. The van der Waals surface area contributed by atoms with Crippen LogP contribution in [0.1, 0.15) is 13.8 Å². The van der Waals surface area contributed by atoms with Gasteiger partial charge in [0.05, 0.1) is 6.10 Å². The number of benzene rings is 1. The molecule has 0 bridgehead atoms. The van der Waals surface area contributed by atoms with Crippen LogP contribution in [0.5, 0.6) is 17.8 Å². The highest BCUT2D eigenvalue weighted by Gasteiger charge is 2.09. The first-order valence-electron chi connectivity index (χ1n) is 5.54. The lowest BCUT2D eigenvalue weighted by atomic mass is 10.3. The Hall–Kier alpha value is -1.40. The van der Waals surface area contributed by atoms with Crippen molar-refractivity contribution in [2.75, 3.05) is 0 Å². The second-order valence-corrected chi connectivity index (χ2v) is 5.15. The maximum atomic E-state index is 5.80. The number of nitrogens with zero attached hydrogens (tertiary/aromatic N) is 3. The second kappa shape index (κ2) is 6.16. The van der Waals surface area contributed by atoms with Gasteiger partial charge in [0.15, 0.2) is 0 Å². The number of aromatic nitrogens is 3. The summed E-state index contributed by atoms with van der Waals surface area (Å²) in [5.74, 6) is 0.598. The van der Waals surface area contributed by atoms with E-state index in [0.29, 0.717) is 5.75 Å². The molecule has 0 spiro atoms. The van der Waals surface area contributed by atoms with Crippen molar-refractivity contribution in [2.24, 2.45) is 0 Å². The largest absolute Gasteiger partial charge is 0.461 e. The van der Waals surface area contributed by atoms with E-state index < -0.39 is 0 Å². The van der Waals surface area contributed by atoms with Crippen LogP contribution in [0.2, 0.25) is 5.28 Å². The minimum absolute atomic E-state index is 0.0257. The van der Waals surface area contributed by atoms with Gasteiger partial charge in [0.1, 0.15) is 5.75 Å². The summed E-state index contributed by atoms with van der Waals surface area (Å²) in [7, 11) is 0. The third-order valence-corrected chi connectivity index (χ3v) is 2.63. The van der Waals surface area contributed by atoms with Crippen LogP contribution >= 0.6 is 27.5 Å². The molecule has 0 fully saturated rings. The third kappa shape index (κ3) is 4.33. The molecule has 5 nitrogen and oxygen atoms in total. The van der Waals surface area contributed by atoms with E-state index >= 15 is 0 Å². The Morgan fingerprint density at radius 1 is 1.05 bits per heavy atom. The van der Waals surface area contributed by atoms with Crippen LogP contribution in [-0.2, 0) is 0 Å². The Labute approximate surface area is 124 Å². The number of rotatable bonds is 4. The molecule has 2 rings (SSSR count). The first-order valence-corrected chi connectivity index (χ1v) is 6.71. The monoisotopic (exact) mass is 343 g/mol. The number of halogens is 2. The summed E-state index contributed by atoms with van der Waals surface area (Å²) in [6.07, 6.45) is -0.0565. The molecule has 1 heterocycles. The molecule has 1 aromatic carbocycles. The Morgan fingerprint density at radius 2 is 1.68 bits per heavy atom. The van der Waals surface area contributed by atoms with Gasteiger partial charge in [0.2, 0.25) is 5.28 Å². The lowest BCUT2D eigenvalue weighted by Gasteiger charge is -2.09. The zero-order chi connectivity index (χ0) is 13.8. The summed E-state index contributed by atoms with van der Waals surface area (Å²) in [6.45, 7) is 3.74. The summed E-state index contributed by atoms with van der Waals surface area (Å²) >= 11 is 9.14. The van der Waals surface area contributed by atoms with Crippen LogP contribution in [0.15, 0.2) is 28.7 Å². The van der Waals surface area contributed by atoms with Crippen molar-refractivity contribution >= 4 is 27.5 Å². The Bertz CT molecular complexity index is 563. The predicted molar refractivity (Wildman–Crippen MR) is 74.8 cm³/mol. The van der Waals surface area contributed by atoms with E-state index in [1.807, 2.05) is 26.0 Å². The van der Waals surface area contributed by atoms with Gasteiger partial charge in [-0.25, -0.2) is 0 Å². The highest BCUT2D eigenvalue weighted by atomic mass is 79.9. The zero-order valence-corrected chi connectivity index (χ0v) is 12.6. The molecule has 2 aromatic rings. The molecule has 0 saturated heterocycles. The summed E-state index contributed by atoms with van der Waals surface area (Å²) in [5, 5.41) is 0.0257. The number of hydrogen-bond donors (Lipinski definition) is 0.